The van der Waals surface area contributed by atoms with Crippen molar-refractivity contribution in [2.24, 2.45) is 0 Å². The number of amides is 1. The van der Waals surface area contributed by atoms with E-state index in [4.69, 9.17) is 23.2 Å². The first-order valence-corrected chi connectivity index (χ1v) is 8.35. The molecule has 0 saturated carbocycles. The zero-order valence-electron chi connectivity index (χ0n) is 11.8. The Morgan fingerprint density at radius 2 is 1.91 bits per heavy atom. The SMILES string of the molecule is O=C(NCc1nc(-c2ccncc2)cs1)c1ccc(Cl)c(Cl)c1. The van der Waals surface area contributed by atoms with E-state index < -0.39 is 0 Å². The van der Waals surface area contributed by atoms with Crippen LogP contribution in [-0.4, -0.2) is 15.9 Å². The molecule has 1 N–H and O–H groups in total. The van der Waals surface area contributed by atoms with E-state index in [9.17, 15) is 4.79 Å². The molecule has 0 radical (unpaired) electrons. The molecule has 4 nitrogen and oxygen atoms in total. The Morgan fingerprint density at radius 3 is 2.65 bits per heavy atom. The molecule has 7 heteroatoms. The summed E-state index contributed by atoms with van der Waals surface area (Å²) in [7, 11) is 0. The summed E-state index contributed by atoms with van der Waals surface area (Å²) < 4.78 is 0. The molecule has 0 atom stereocenters. The van der Waals surface area contributed by atoms with Crippen LogP contribution in [0.15, 0.2) is 48.1 Å². The number of pyridine rings is 1. The van der Waals surface area contributed by atoms with Gasteiger partial charge < -0.3 is 5.32 Å². The number of hydrogen-bond acceptors (Lipinski definition) is 4. The van der Waals surface area contributed by atoms with Gasteiger partial charge in [0, 0.05) is 28.9 Å². The second-order valence-electron chi connectivity index (χ2n) is 4.67. The van der Waals surface area contributed by atoms with E-state index in [0.717, 1.165) is 16.3 Å². The molecule has 0 unspecified atom stereocenters. The van der Waals surface area contributed by atoms with Crippen LogP contribution >= 0.6 is 34.5 Å². The molecule has 3 aromatic rings. The molecule has 3 rings (SSSR count). The fourth-order valence-corrected chi connectivity index (χ4v) is 2.98. The van der Waals surface area contributed by atoms with Crippen molar-refractivity contribution >= 4 is 40.4 Å². The van der Waals surface area contributed by atoms with Crippen molar-refractivity contribution in [2.45, 2.75) is 6.54 Å². The minimum atomic E-state index is -0.218. The summed E-state index contributed by atoms with van der Waals surface area (Å²) >= 11 is 13.3. The van der Waals surface area contributed by atoms with Crippen molar-refractivity contribution in [3.05, 3.63) is 68.7 Å². The Hall–Kier alpha value is -1.95. The number of nitrogens with one attached hydrogen (secondary N) is 1. The van der Waals surface area contributed by atoms with Gasteiger partial charge in [0.2, 0.25) is 0 Å². The second kappa shape index (κ2) is 7.08. The van der Waals surface area contributed by atoms with Crippen LogP contribution in [0.1, 0.15) is 15.4 Å². The highest BCUT2D eigenvalue weighted by Gasteiger charge is 2.10. The Bertz CT molecular complexity index is 836. The number of carbonyl (C=O) groups excluding carboxylic acids is 1. The Morgan fingerprint density at radius 1 is 1.13 bits per heavy atom. The molecule has 0 fully saturated rings. The van der Waals surface area contributed by atoms with Gasteiger partial charge in [-0.3, -0.25) is 9.78 Å². The Kier molecular flexibility index (Phi) is 4.91. The van der Waals surface area contributed by atoms with Gasteiger partial charge in [-0.1, -0.05) is 23.2 Å². The van der Waals surface area contributed by atoms with Crippen LogP contribution in [0.2, 0.25) is 10.0 Å². The van der Waals surface area contributed by atoms with E-state index in [2.05, 4.69) is 15.3 Å². The summed E-state index contributed by atoms with van der Waals surface area (Å²) in [4.78, 5) is 20.6. The van der Waals surface area contributed by atoms with Gasteiger partial charge in [0.1, 0.15) is 5.01 Å². The largest absolute Gasteiger partial charge is 0.346 e. The van der Waals surface area contributed by atoms with Gasteiger partial charge in [-0.15, -0.1) is 11.3 Å². The second-order valence-corrected chi connectivity index (χ2v) is 6.43. The van der Waals surface area contributed by atoms with E-state index in [1.807, 2.05) is 17.5 Å². The van der Waals surface area contributed by atoms with Gasteiger partial charge in [-0.05, 0) is 30.3 Å². The predicted molar refractivity (Wildman–Crippen MR) is 93.0 cm³/mol. The average Bonchev–Trinajstić information content (AvgIpc) is 3.05. The van der Waals surface area contributed by atoms with Crippen molar-refractivity contribution in [3.63, 3.8) is 0 Å². The standard InChI is InChI=1S/C16H11Cl2N3OS/c17-12-2-1-11(7-13(12)18)16(22)20-8-15-21-14(9-23-15)10-3-5-19-6-4-10/h1-7,9H,8H2,(H,20,22). The summed E-state index contributed by atoms with van der Waals surface area (Å²) in [5.41, 5.74) is 2.33. The van der Waals surface area contributed by atoms with Gasteiger partial charge in [0.15, 0.2) is 0 Å². The molecule has 116 valence electrons. The van der Waals surface area contributed by atoms with E-state index >= 15 is 0 Å². The molecule has 0 aliphatic heterocycles. The van der Waals surface area contributed by atoms with Crippen LogP contribution in [0, 0.1) is 0 Å². The lowest BCUT2D eigenvalue weighted by Gasteiger charge is -2.04. The normalized spacial score (nSPS) is 10.5. The third kappa shape index (κ3) is 3.88. The molecule has 1 aromatic carbocycles. The van der Waals surface area contributed by atoms with Crippen LogP contribution in [-0.2, 0) is 6.54 Å². The highest BCUT2D eigenvalue weighted by atomic mass is 35.5. The Balaban J connectivity index is 1.65. The molecule has 0 aliphatic carbocycles. The molecule has 0 aliphatic rings. The molecule has 23 heavy (non-hydrogen) atoms. The van der Waals surface area contributed by atoms with Crippen molar-refractivity contribution in [1.82, 2.24) is 15.3 Å². The van der Waals surface area contributed by atoms with Crippen LogP contribution in [0.5, 0.6) is 0 Å². The van der Waals surface area contributed by atoms with Crippen molar-refractivity contribution < 1.29 is 4.79 Å². The third-order valence-corrected chi connectivity index (χ3v) is 4.70. The molecular formula is C16H11Cl2N3OS. The summed E-state index contributed by atoms with van der Waals surface area (Å²) in [6.07, 6.45) is 3.45. The molecule has 0 bridgehead atoms. The molecular weight excluding hydrogens is 353 g/mol. The minimum Gasteiger partial charge on any atom is -0.346 e. The summed E-state index contributed by atoms with van der Waals surface area (Å²) in [6.45, 7) is 0.356. The van der Waals surface area contributed by atoms with Crippen LogP contribution in [0.3, 0.4) is 0 Å². The lowest BCUT2D eigenvalue weighted by molar-refractivity contribution is 0.0951. The maximum atomic E-state index is 12.1. The number of hydrogen-bond donors (Lipinski definition) is 1. The van der Waals surface area contributed by atoms with E-state index in [0.29, 0.717) is 22.2 Å². The predicted octanol–water partition coefficient (Wildman–Crippen LogP) is 4.44. The maximum absolute atomic E-state index is 12.1. The molecule has 2 aromatic heterocycles. The fraction of sp³-hybridized carbons (Fsp3) is 0.0625. The summed E-state index contributed by atoms with van der Waals surface area (Å²) in [5, 5.41) is 6.38. The number of rotatable bonds is 4. The van der Waals surface area contributed by atoms with Crippen LogP contribution < -0.4 is 5.32 Å². The van der Waals surface area contributed by atoms with E-state index in [1.165, 1.54) is 11.3 Å². The number of nitrogens with zero attached hydrogens (tertiary/aromatic N) is 2. The average molecular weight is 364 g/mol. The van der Waals surface area contributed by atoms with Crippen LogP contribution in [0.25, 0.3) is 11.3 Å². The van der Waals surface area contributed by atoms with E-state index in [1.54, 1.807) is 30.6 Å². The highest BCUT2D eigenvalue weighted by Crippen LogP contribution is 2.23. The number of aromatic nitrogens is 2. The third-order valence-electron chi connectivity index (χ3n) is 3.11. The topological polar surface area (TPSA) is 54.9 Å². The van der Waals surface area contributed by atoms with Gasteiger partial charge in [0.05, 0.1) is 22.3 Å². The van der Waals surface area contributed by atoms with Gasteiger partial charge in [0.25, 0.3) is 5.91 Å². The molecule has 1 amide bonds. The maximum Gasteiger partial charge on any atom is 0.251 e. The highest BCUT2D eigenvalue weighted by molar-refractivity contribution is 7.09. The van der Waals surface area contributed by atoms with Crippen molar-refractivity contribution in [3.8, 4) is 11.3 Å². The van der Waals surface area contributed by atoms with Gasteiger partial charge in [-0.25, -0.2) is 4.98 Å². The lowest BCUT2D eigenvalue weighted by atomic mass is 10.2. The first-order valence-electron chi connectivity index (χ1n) is 6.71. The van der Waals surface area contributed by atoms with Gasteiger partial charge >= 0.3 is 0 Å². The molecule has 0 saturated heterocycles. The smallest absolute Gasteiger partial charge is 0.251 e. The zero-order valence-corrected chi connectivity index (χ0v) is 14.1. The molecule has 2 heterocycles. The van der Waals surface area contributed by atoms with Crippen LogP contribution in [0.4, 0.5) is 0 Å². The van der Waals surface area contributed by atoms with Crippen molar-refractivity contribution in [2.75, 3.05) is 0 Å². The fourth-order valence-electron chi connectivity index (χ4n) is 1.94. The lowest BCUT2D eigenvalue weighted by Crippen LogP contribution is -2.22. The number of halogens is 2. The monoisotopic (exact) mass is 363 g/mol. The quantitative estimate of drug-likeness (QED) is 0.745. The number of thiazole rings is 1. The minimum absolute atomic E-state index is 0.218. The Labute approximate surface area is 147 Å². The first-order chi connectivity index (χ1) is 11.1. The van der Waals surface area contributed by atoms with Gasteiger partial charge in [-0.2, -0.15) is 0 Å². The summed E-state index contributed by atoms with van der Waals surface area (Å²) in [5.74, 6) is -0.218. The zero-order chi connectivity index (χ0) is 16.2. The number of carbonyl (C=O) groups is 1. The van der Waals surface area contributed by atoms with Crippen molar-refractivity contribution in [1.29, 1.82) is 0 Å². The summed E-state index contributed by atoms with van der Waals surface area (Å²) in [6, 6.07) is 8.57. The van der Waals surface area contributed by atoms with E-state index in [-0.39, 0.29) is 5.91 Å². The first kappa shape index (κ1) is 15.9. The number of benzene rings is 1. The molecule has 0 spiro atoms.